The lowest BCUT2D eigenvalue weighted by Crippen LogP contribution is -2.16. The lowest BCUT2D eigenvalue weighted by Gasteiger charge is -2.15. The molecule has 0 bridgehead atoms. The van der Waals surface area contributed by atoms with E-state index in [1.165, 1.54) is 68.8 Å². The maximum atomic E-state index is 9.86. The van der Waals surface area contributed by atoms with E-state index in [4.69, 9.17) is 56.8 Å². The molecule has 0 atom stereocenters. The Hall–Kier alpha value is -5.92. The number of hydrogen-bond acceptors (Lipinski definition) is 15. The molecule has 2 aliphatic heterocycles. The Bertz CT molecular complexity index is 1580. The zero-order valence-corrected chi connectivity index (χ0v) is 27.8. The van der Waals surface area contributed by atoms with Gasteiger partial charge in [-0.2, -0.15) is 5.26 Å². The van der Waals surface area contributed by atoms with Gasteiger partial charge >= 0.3 is 0 Å². The van der Waals surface area contributed by atoms with Crippen LogP contribution in [0.3, 0.4) is 0 Å². The summed E-state index contributed by atoms with van der Waals surface area (Å²) in [5.74, 6) is 1.66. The van der Waals surface area contributed by atoms with Crippen molar-refractivity contribution in [2.45, 2.75) is 0 Å². The fourth-order valence-corrected chi connectivity index (χ4v) is 3.79. The minimum absolute atomic E-state index is 0.0142. The Morgan fingerprint density at radius 3 is 1.78 bits per heavy atom. The first-order chi connectivity index (χ1) is 25.3. The Kier molecular flexibility index (Phi) is 18.0. The summed E-state index contributed by atoms with van der Waals surface area (Å²) in [5, 5.41) is 13.0. The van der Waals surface area contributed by atoms with Crippen LogP contribution in [0.4, 0.5) is 5.69 Å². The van der Waals surface area contributed by atoms with Gasteiger partial charge in [0.2, 0.25) is 0 Å². The van der Waals surface area contributed by atoms with Crippen LogP contribution in [0, 0.1) is 11.3 Å². The molecule has 270 valence electrons. The SMILES string of the molecule is N#CC(=C\Nc1ccc2c(c1)OCCOCCOCCOCCOCCO2)/C=N/C1=C/O/C=C\O/C=C\O/C=C\O/C=C\Oc2ccccc2O1. The largest absolute Gasteiger partial charge is 0.487 e. The fraction of sp³-hybridized carbons (Fsp3) is 0.278. The molecule has 1 N–H and O–H groups in total. The molecule has 0 aliphatic carbocycles. The van der Waals surface area contributed by atoms with Gasteiger partial charge in [0.05, 0.1) is 64.6 Å². The lowest BCUT2D eigenvalue weighted by molar-refractivity contribution is -0.00841. The van der Waals surface area contributed by atoms with Gasteiger partial charge in [0.25, 0.3) is 5.88 Å². The molecule has 0 fully saturated rings. The lowest BCUT2D eigenvalue weighted by atomic mass is 10.2. The maximum absolute atomic E-state index is 9.86. The highest BCUT2D eigenvalue weighted by Crippen LogP contribution is 2.31. The van der Waals surface area contributed by atoms with Crippen LogP contribution in [0.15, 0.2) is 121 Å². The highest BCUT2D eigenvalue weighted by molar-refractivity contribution is 5.84. The van der Waals surface area contributed by atoms with Crippen molar-refractivity contribution in [2.75, 3.05) is 71.4 Å². The van der Waals surface area contributed by atoms with Gasteiger partial charge in [-0.15, -0.1) is 0 Å². The third-order valence-corrected chi connectivity index (χ3v) is 6.08. The van der Waals surface area contributed by atoms with Gasteiger partial charge in [0.15, 0.2) is 29.3 Å². The second kappa shape index (κ2) is 24.3. The number of nitrogens with zero attached hydrogens (tertiary/aromatic N) is 2. The summed E-state index contributed by atoms with van der Waals surface area (Å²) < 4.78 is 66.3. The van der Waals surface area contributed by atoms with Crippen molar-refractivity contribution >= 4 is 11.9 Å². The van der Waals surface area contributed by atoms with Gasteiger partial charge in [-0.05, 0) is 24.3 Å². The minimum Gasteiger partial charge on any atom is -0.487 e. The van der Waals surface area contributed by atoms with Crippen molar-refractivity contribution in [2.24, 2.45) is 4.99 Å². The summed E-state index contributed by atoms with van der Waals surface area (Å²) >= 11 is 0. The predicted molar refractivity (Wildman–Crippen MR) is 183 cm³/mol. The first kappa shape index (κ1) is 37.9. The van der Waals surface area contributed by atoms with Gasteiger partial charge in [0, 0.05) is 18.0 Å². The number of allylic oxidation sites excluding steroid dienone is 1. The maximum Gasteiger partial charge on any atom is 0.255 e. The molecule has 0 radical (unpaired) electrons. The summed E-state index contributed by atoms with van der Waals surface area (Å²) in [4.78, 5) is 4.32. The highest BCUT2D eigenvalue weighted by atomic mass is 16.6. The number of rotatable bonds is 4. The number of ether oxygens (including phenoxy) is 12. The average molecular weight is 706 g/mol. The number of para-hydroxylation sites is 2. The van der Waals surface area contributed by atoms with Crippen LogP contribution in [0.2, 0.25) is 0 Å². The summed E-state index contributed by atoms with van der Waals surface area (Å²) in [6.07, 6.45) is 14.3. The van der Waals surface area contributed by atoms with Crippen molar-refractivity contribution in [1.29, 1.82) is 5.26 Å². The molecule has 2 aromatic rings. The molecule has 0 amide bonds. The van der Waals surface area contributed by atoms with Crippen molar-refractivity contribution in [3.05, 3.63) is 116 Å². The molecule has 2 heterocycles. The molecular weight excluding hydrogens is 666 g/mol. The summed E-state index contributed by atoms with van der Waals surface area (Å²) in [7, 11) is 0. The van der Waals surface area contributed by atoms with Gasteiger partial charge < -0.3 is 62.2 Å². The number of fused-ring (bicyclic) bond motifs is 2. The van der Waals surface area contributed by atoms with E-state index in [1.807, 2.05) is 0 Å². The predicted octanol–water partition coefficient (Wildman–Crippen LogP) is 5.64. The van der Waals surface area contributed by atoms with Crippen LogP contribution in [0.5, 0.6) is 23.0 Å². The van der Waals surface area contributed by atoms with Crippen molar-refractivity contribution in [3.63, 3.8) is 0 Å². The molecule has 0 aromatic heterocycles. The molecule has 0 saturated heterocycles. The standard InChI is InChI=1S/C36H39N3O12/c37-26-30(27-38-31-5-6-33-35(25-31)50-24-21-46-16-13-41-8-7-40-12-15-45-20-23-49-33)28-39-36-29-47-18-17-43-10-9-42-11-14-44-19-22-48-32-3-1-2-4-34(32)51-36/h1-6,9-11,14,17-19,22,25,27-29,38H,7-8,12-13,15-16,20-21,23-24H2/b10-9-,14-11-,18-17-,22-19-,30-27+,36-29-,39-28+. The van der Waals surface area contributed by atoms with Gasteiger partial charge in [-0.1, -0.05) is 12.1 Å². The quantitative estimate of drug-likeness (QED) is 0.308. The van der Waals surface area contributed by atoms with Gasteiger partial charge in [-0.3, -0.25) is 0 Å². The molecule has 51 heavy (non-hydrogen) atoms. The Morgan fingerprint density at radius 1 is 0.608 bits per heavy atom. The highest BCUT2D eigenvalue weighted by Gasteiger charge is 2.10. The van der Waals surface area contributed by atoms with E-state index in [9.17, 15) is 5.26 Å². The van der Waals surface area contributed by atoms with E-state index >= 15 is 0 Å². The number of anilines is 1. The smallest absolute Gasteiger partial charge is 0.255 e. The van der Waals surface area contributed by atoms with Crippen molar-refractivity contribution in [3.8, 4) is 29.1 Å². The number of nitrogens with one attached hydrogen (secondary N) is 1. The second-order valence-corrected chi connectivity index (χ2v) is 9.68. The van der Waals surface area contributed by atoms with Crippen molar-refractivity contribution < 1.29 is 56.8 Å². The van der Waals surface area contributed by atoms with E-state index in [0.29, 0.717) is 88.1 Å². The van der Waals surface area contributed by atoms with Crippen molar-refractivity contribution in [1.82, 2.24) is 0 Å². The van der Waals surface area contributed by atoms with Crippen LogP contribution in [0.1, 0.15) is 0 Å². The number of benzene rings is 2. The normalized spacial score (nSPS) is 20.9. The molecule has 0 unspecified atom stereocenters. The monoisotopic (exact) mass is 705 g/mol. The molecule has 0 spiro atoms. The summed E-state index contributed by atoms with van der Waals surface area (Å²) in [6, 6.07) is 14.3. The average Bonchev–Trinajstić information content (AvgIpc) is 3.15. The third-order valence-electron chi connectivity index (χ3n) is 6.08. The van der Waals surface area contributed by atoms with E-state index in [2.05, 4.69) is 16.4 Å². The van der Waals surface area contributed by atoms with E-state index < -0.39 is 0 Å². The third kappa shape index (κ3) is 15.9. The molecule has 4 rings (SSSR count). The Balaban J connectivity index is 1.45. The molecular formula is C36H39N3O12. The summed E-state index contributed by atoms with van der Waals surface area (Å²) in [5.41, 5.74) is 0.787. The summed E-state index contributed by atoms with van der Waals surface area (Å²) in [6.45, 7) is 4.09. The van der Waals surface area contributed by atoms with Crippen LogP contribution >= 0.6 is 0 Å². The van der Waals surface area contributed by atoms with Gasteiger partial charge in [0.1, 0.15) is 69.4 Å². The fourth-order valence-electron chi connectivity index (χ4n) is 3.79. The van der Waals surface area contributed by atoms with E-state index in [0.717, 1.165) is 0 Å². The van der Waals surface area contributed by atoms with Crippen LogP contribution in [-0.4, -0.2) is 72.3 Å². The first-order valence-electron chi connectivity index (χ1n) is 15.8. The first-order valence-corrected chi connectivity index (χ1v) is 15.8. The topological polar surface area (TPSA) is 159 Å². The van der Waals surface area contributed by atoms with Gasteiger partial charge in [-0.25, -0.2) is 4.99 Å². The van der Waals surface area contributed by atoms with Crippen LogP contribution in [-0.2, 0) is 37.9 Å². The zero-order valence-electron chi connectivity index (χ0n) is 27.8. The minimum atomic E-state index is -0.0142. The Morgan fingerprint density at radius 2 is 1.16 bits per heavy atom. The molecule has 15 nitrogen and oxygen atoms in total. The Labute approximate surface area is 295 Å². The van der Waals surface area contributed by atoms with E-state index in [-0.39, 0.29) is 18.1 Å². The van der Waals surface area contributed by atoms with E-state index in [1.54, 1.807) is 42.5 Å². The molecule has 2 aliphatic rings. The van der Waals surface area contributed by atoms with Crippen LogP contribution < -0.4 is 24.3 Å². The van der Waals surface area contributed by atoms with Crippen LogP contribution in [0.25, 0.3) is 0 Å². The number of aliphatic imine (C=N–C) groups is 1. The zero-order chi connectivity index (χ0) is 35.4. The second-order valence-electron chi connectivity index (χ2n) is 9.68. The number of nitriles is 1. The molecule has 0 saturated carbocycles. The molecule has 2 aromatic carbocycles. The molecule has 15 heteroatoms. The number of hydrogen-bond donors (Lipinski definition) is 1.